The number of halogens is 2. The van der Waals surface area contributed by atoms with E-state index < -0.39 is 0 Å². The van der Waals surface area contributed by atoms with Crippen LogP contribution in [0.3, 0.4) is 0 Å². The first-order chi connectivity index (χ1) is 9.51. The van der Waals surface area contributed by atoms with Gasteiger partial charge in [0.15, 0.2) is 0 Å². The van der Waals surface area contributed by atoms with Gasteiger partial charge in [0.1, 0.15) is 5.75 Å². The van der Waals surface area contributed by atoms with E-state index in [1.165, 1.54) is 0 Å². The average molecular weight is 311 g/mol. The molecule has 0 bridgehead atoms. The predicted octanol–water partition coefficient (Wildman–Crippen LogP) is 4.51. The first-order valence-electron chi connectivity index (χ1n) is 6.35. The predicted molar refractivity (Wildman–Crippen MR) is 81.9 cm³/mol. The van der Waals surface area contributed by atoms with Gasteiger partial charge in [0.2, 0.25) is 5.28 Å². The fourth-order valence-electron chi connectivity index (χ4n) is 2.03. The van der Waals surface area contributed by atoms with Crippen molar-refractivity contribution in [2.24, 2.45) is 0 Å². The Morgan fingerprint density at radius 3 is 2.65 bits per heavy atom. The molecule has 0 fully saturated rings. The Hall–Kier alpha value is -1.32. The topological polar surface area (TPSA) is 35.0 Å². The van der Waals surface area contributed by atoms with Crippen LogP contribution in [0.15, 0.2) is 24.4 Å². The summed E-state index contributed by atoms with van der Waals surface area (Å²) in [7, 11) is 1.60. The van der Waals surface area contributed by atoms with Gasteiger partial charge in [0, 0.05) is 12.6 Å². The largest absolute Gasteiger partial charge is 0.495 e. The molecule has 20 heavy (non-hydrogen) atoms. The third-order valence-corrected chi connectivity index (χ3v) is 3.57. The van der Waals surface area contributed by atoms with E-state index in [0.29, 0.717) is 23.1 Å². The maximum Gasteiger partial charge on any atom is 0.222 e. The lowest BCUT2D eigenvalue weighted by atomic mass is 9.99. The molecule has 1 heterocycles. The normalized spacial score (nSPS) is 10.9. The minimum atomic E-state index is 0.269. The molecule has 0 aliphatic heterocycles. The highest BCUT2D eigenvalue weighted by Gasteiger charge is 2.12. The summed E-state index contributed by atoms with van der Waals surface area (Å²) in [5.74, 6) is 1.01. The van der Waals surface area contributed by atoms with Gasteiger partial charge in [-0.2, -0.15) is 0 Å². The summed E-state index contributed by atoms with van der Waals surface area (Å²) < 4.78 is 5.23. The lowest BCUT2D eigenvalue weighted by Gasteiger charge is -2.12. The van der Waals surface area contributed by atoms with E-state index in [1.54, 1.807) is 13.3 Å². The quantitative estimate of drug-likeness (QED) is 0.779. The lowest BCUT2D eigenvalue weighted by Crippen LogP contribution is -2.03. The van der Waals surface area contributed by atoms with Gasteiger partial charge in [0.25, 0.3) is 0 Å². The van der Waals surface area contributed by atoms with Crippen LogP contribution < -0.4 is 4.74 Å². The number of hydrogen-bond acceptors (Lipinski definition) is 3. The summed E-state index contributed by atoms with van der Waals surface area (Å²) >= 11 is 11.9. The van der Waals surface area contributed by atoms with Crippen LogP contribution in [0, 0.1) is 0 Å². The first-order valence-corrected chi connectivity index (χ1v) is 7.10. The molecule has 2 rings (SSSR count). The molecule has 0 spiro atoms. The van der Waals surface area contributed by atoms with Crippen LogP contribution in [-0.4, -0.2) is 17.1 Å². The van der Waals surface area contributed by atoms with Crippen molar-refractivity contribution < 1.29 is 4.74 Å². The van der Waals surface area contributed by atoms with Crippen molar-refractivity contribution in [1.29, 1.82) is 0 Å². The van der Waals surface area contributed by atoms with Gasteiger partial charge < -0.3 is 4.74 Å². The molecule has 0 atom stereocenters. The van der Waals surface area contributed by atoms with Crippen molar-refractivity contribution in [2.75, 3.05) is 7.11 Å². The second kappa shape index (κ2) is 6.42. The van der Waals surface area contributed by atoms with Crippen LogP contribution >= 0.6 is 23.2 Å². The highest BCUT2D eigenvalue weighted by molar-refractivity contribution is 6.32. The second-order valence-corrected chi connectivity index (χ2v) is 5.59. The van der Waals surface area contributed by atoms with Gasteiger partial charge in [-0.25, -0.2) is 9.97 Å². The van der Waals surface area contributed by atoms with E-state index in [4.69, 9.17) is 27.9 Å². The number of benzene rings is 1. The molecular weight excluding hydrogens is 295 g/mol. The highest BCUT2D eigenvalue weighted by Crippen LogP contribution is 2.27. The van der Waals surface area contributed by atoms with Crippen LogP contribution in [0.5, 0.6) is 5.75 Å². The fraction of sp³-hybridized carbons (Fsp3) is 0.333. The molecule has 1 aromatic heterocycles. The molecule has 1 aromatic carbocycles. The number of ether oxygens (including phenoxy) is 1. The van der Waals surface area contributed by atoms with Crippen LogP contribution in [-0.2, 0) is 6.42 Å². The molecule has 0 radical (unpaired) electrons. The second-order valence-electron chi connectivity index (χ2n) is 4.84. The van der Waals surface area contributed by atoms with Crippen molar-refractivity contribution in [3.63, 3.8) is 0 Å². The smallest absolute Gasteiger partial charge is 0.222 e. The fourth-order valence-corrected chi connectivity index (χ4v) is 2.38. The summed E-state index contributed by atoms with van der Waals surface area (Å²) in [6.07, 6.45) is 2.46. The van der Waals surface area contributed by atoms with Gasteiger partial charge in [-0.05, 0) is 40.8 Å². The number of nitrogens with zero attached hydrogens (tertiary/aromatic N) is 2. The number of methoxy groups -OCH3 is 1. The van der Waals surface area contributed by atoms with E-state index in [0.717, 1.165) is 16.8 Å². The van der Waals surface area contributed by atoms with Gasteiger partial charge in [0.05, 0.1) is 17.8 Å². The van der Waals surface area contributed by atoms with Crippen molar-refractivity contribution in [3.05, 3.63) is 51.5 Å². The third-order valence-electron chi connectivity index (χ3n) is 3.08. The summed E-state index contributed by atoms with van der Waals surface area (Å²) in [5.41, 5.74) is 3.11. The van der Waals surface area contributed by atoms with Crippen molar-refractivity contribution in [2.45, 2.75) is 26.2 Å². The number of hydrogen-bond donors (Lipinski definition) is 0. The Balaban J connectivity index is 2.36. The van der Waals surface area contributed by atoms with Crippen LogP contribution in [0.2, 0.25) is 10.3 Å². The maximum absolute atomic E-state index is 6.03. The summed E-state index contributed by atoms with van der Waals surface area (Å²) in [6, 6.07) is 5.71. The zero-order chi connectivity index (χ0) is 14.7. The summed E-state index contributed by atoms with van der Waals surface area (Å²) in [6.45, 7) is 4.22. The molecule has 0 aliphatic rings. The van der Waals surface area contributed by atoms with Gasteiger partial charge >= 0.3 is 0 Å². The average Bonchev–Trinajstić information content (AvgIpc) is 2.40. The molecule has 0 saturated heterocycles. The van der Waals surface area contributed by atoms with Gasteiger partial charge in [-0.3, -0.25) is 0 Å². The monoisotopic (exact) mass is 310 g/mol. The molecule has 106 valence electrons. The highest BCUT2D eigenvalue weighted by atomic mass is 35.5. The zero-order valence-corrected chi connectivity index (χ0v) is 13.2. The molecule has 0 unspecified atom stereocenters. The molecule has 5 heteroatoms. The minimum Gasteiger partial charge on any atom is -0.495 e. The van der Waals surface area contributed by atoms with E-state index in [-0.39, 0.29) is 5.28 Å². The molecule has 0 saturated carbocycles. The van der Waals surface area contributed by atoms with Gasteiger partial charge in [-0.15, -0.1) is 0 Å². The van der Waals surface area contributed by atoms with Crippen molar-refractivity contribution in [1.82, 2.24) is 9.97 Å². The molecule has 3 nitrogen and oxygen atoms in total. The molecule has 0 N–H and O–H groups in total. The van der Waals surface area contributed by atoms with Crippen LogP contribution in [0.25, 0.3) is 0 Å². The van der Waals surface area contributed by atoms with Crippen LogP contribution in [0.4, 0.5) is 0 Å². The Bertz CT molecular complexity index is 615. The van der Waals surface area contributed by atoms with E-state index in [2.05, 4.69) is 23.8 Å². The zero-order valence-electron chi connectivity index (χ0n) is 11.7. The number of rotatable bonds is 4. The Morgan fingerprint density at radius 1 is 1.25 bits per heavy atom. The third kappa shape index (κ3) is 3.41. The first kappa shape index (κ1) is 15.1. The minimum absolute atomic E-state index is 0.269. The van der Waals surface area contributed by atoms with E-state index >= 15 is 0 Å². The molecular formula is C15H16Cl2N2O. The molecule has 0 aliphatic carbocycles. The van der Waals surface area contributed by atoms with Crippen molar-refractivity contribution >= 4 is 23.2 Å². The van der Waals surface area contributed by atoms with Crippen LogP contribution in [0.1, 0.15) is 36.6 Å². The van der Waals surface area contributed by atoms with E-state index in [1.807, 2.05) is 18.2 Å². The Kier molecular flexibility index (Phi) is 4.84. The standard InChI is InChI=1S/C15H16Cl2N2O/c1-9(2)11-8-18-15(17)19-13(11)6-10-4-5-12(16)14(7-10)20-3/h4-5,7-9H,6H2,1-3H3. The lowest BCUT2D eigenvalue weighted by molar-refractivity contribution is 0.414. The number of aromatic nitrogens is 2. The van der Waals surface area contributed by atoms with E-state index in [9.17, 15) is 0 Å². The molecule has 0 amide bonds. The summed E-state index contributed by atoms with van der Waals surface area (Å²) in [5, 5.41) is 0.867. The van der Waals surface area contributed by atoms with Gasteiger partial charge in [-0.1, -0.05) is 31.5 Å². The summed E-state index contributed by atoms with van der Waals surface area (Å²) in [4.78, 5) is 8.41. The molecule has 2 aromatic rings. The maximum atomic E-state index is 6.03. The Morgan fingerprint density at radius 2 is 2.00 bits per heavy atom. The van der Waals surface area contributed by atoms with Crippen molar-refractivity contribution in [3.8, 4) is 5.75 Å². The Labute approximate surface area is 128 Å². The SMILES string of the molecule is COc1cc(Cc2nc(Cl)ncc2C(C)C)ccc1Cl.